The van der Waals surface area contributed by atoms with Crippen molar-refractivity contribution in [3.63, 3.8) is 0 Å². The third kappa shape index (κ3) is 2.61. The summed E-state index contributed by atoms with van der Waals surface area (Å²) in [6.07, 6.45) is 1.21. The molecule has 1 unspecified atom stereocenters. The summed E-state index contributed by atoms with van der Waals surface area (Å²) < 4.78 is 5.25. The summed E-state index contributed by atoms with van der Waals surface area (Å²) in [4.78, 5) is 2.46. The second kappa shape index (κ2) is 5.52. The van der Waals surface area contributed by atoms with E-state index in [2.05, 4.69) is 30.0 Å². The number of nitrogens with two attached hydrogens (primary N) is 1. The Labute approximate surface area is 104 Å². The molecule has 1 aliphatic heterocycles. The van der Waals surface area contributed by atoms with Gasteiger partial charge in [0.15, 0.2) is 0 Å². The number of hydrogen-bond acceptors (Lipinski definition) is 3. The van der Waals surface area contributed by atoms with Crippen molar-refractivity contribution in [2.24, 2.45) is 11.7 Å². The second-order valence-corrected chi connectivity index (χ2v) is 4.84. The number of rotatable bonds is 4. The van der Waals surface area contributed by atoms with Gasteiger partial charge in [-0.05, 0) is 24.5 Å². The van der Waals surface area contributed by atoms with Gasteiger partial charge >= 0.3 is 0 Å². The van der Waals surface area contributed by atoms with Crippen molar-refractivity contribution in [2.45, 2.75) is 19.9 Å². The SMILES string of the molecule is COCC1CCN(c2c(C)cccc2CN)C1. The van der Waals surface area contributed by atoms with Crippen LogP contribution in [-0.2, 0) is 11.3 Å². The van der Waals surface area contributed by atoms with E-state index >= 15 is 0 Å². The molecule has 1 fully saturated rings. The van der Waals surface area contributed by atoms with Gasteiger partial charge in [-0.25, -0.2) is 0 Å². The van der Waals surface area contributed by atoms with E-state index < -0.39 is 0 Å². The Hall–Kier alpha value is -1.06. The lowest BCUT2D eigenvalue weighted by atomic mass is 10.1. The molecule has 1 aromatic rings. The third-order valence-electron chi connectivity index (χ3n) is 3.55. The lowest BCUT2D eigenvalue weighted by Crippen LogP contribution is -2.23. The van der Waals surface area contributed by atoms with E-state index in [0.717, 1.165) is 19.7 Å². The van der Waals surface area contributed by atoms with Crippen LogP contribution in [0.25, 0.3) is 0 Å². The monoisotopic (exact) mass is 234 g/mol. The van der Waals surface area contributed by atoms with Gasteiger partial charge in [0, 0.05) is 38.3 Å². The maximum absolute atomic E-state index is 5.83. The molecule has 3 nitrogen and oxygen atoms in total. The van der Waals surface area contributed by atoms with E-state index in [4.69, 9.17) is 10.5 Å². The van der Waals surface area contributed by atoms with E-state index in [1.165, 1.54) is 23.2 Å². The minimum Gasteiger partial charge on any atom is -0.384 e. The second-order valence-electron chi connectivity index (χ2n) is 4.84. The summed E-state index contributed by atoms with van der Waals surface area (Å²) >= 11 is 0. The molecule has 1 atom stereocenters. The van der Waals surface area contributed by atoms with Crippen molar-refractivity contribution >= 4 is 5.69 Å². The molecular formula is C14H22N2O. The van der Waals surface area contributed by atoms with Crippen molar-refractivity contribution < 1.29 is 4.74 Å². The van der Waals surface area contributed by atoms with Crippen LogP contribution in [-0.4, -0.2) is 26.8 Å². The third-order valence-corrected chi connectivity index (χ3v) is 3.55. The van der Waals surface area contributed by atoms with Crippen molar-refractivity contribution in [3.8, 4) is 0 Å². The Balaban J connectivity index is 2.18. The van der Waals surface area contributed by atoms with Gasteiger partial charge in [-0.3, -0.25) is 0 Å². The molecular weight excluding hydrogens is 212 g/mol. The maximum atomic E-state index is 5.83. The standard InChI is InChI=1S/C14H22N2O/c1-11-4-3-5-13(8-15)14(11)16-7-6-12(9-16)10-17-2/h3-5,12H,6-10,15H2,1-2H3. The van der Waals surface area contributed by atoms with Gasteiger partial charge in [-0.15, -0.1) is 0 Å². The number of anilines is 1. The van der Waals surface area contributed by atoms with Crippen LogP contribution >= 0.6 is 0 Å². The highest BCUT2D eigenvalue weighted by Crippen LogP contribution is 2.30. The largest absolute Gasteiger partial charge is 0.384 e. The lowest BCUT2D eigenvalue weighted by molar-refractivity contribution is 0.161. The molecule has 1 heterocycles. The molecule has 0 amide bonds. The zero-order chi connectivity index (χ0) is 12.3. The zero-order valence-corrected chi connectivity index (χ0v) is 10.8. The number of ether oxygens (including phenoxy) is 1. The van der Waals surface area contributed by atoms with Crippen molar-refractivity contribution in [3.05, 3.63) is 29.3 Å². The lowest BCUT2D eigenvalue weighted by Gasteiger charge is -2.24. The fourth-order valence-corrected chi connectivity index (χ4v) is 2.74. The van der Waals surface area contributed by atoms with Crippen LogP contribution in [0.4, 0.5) is 5.69 Å². The van der Waals surface area contributed by atoms with Crippen LogP contribution in [0.5, 0.6) is 0 Å². The van der Waals surface area contributed by atoms with Gasteiger partial charge in [0.2, 0.25) is 0 Å². The number of para-hydroxylation sites is 1. The molecule has 0 aliphatic carbocycles. The van der Waals surface area contributed by atoms with Crippen molar-refractivity contribution in [1.29, 1.82) is 0 Å². The number of nitrogens with zero attached hydrogens (tertiary/aromatic N) is 1. The molecule has 2 N–H and O–H groups in total. The number of hydrogen-bond donors (Lipinski definition) is 1. The van der Waals surface area contributed by atoms with Gasteiger partial charge in [-0.1, -0.05) is 18.2 Å². The number of aryl methyl sites for hydroxylation is 1. The Kier molecular flexibility index (Phi) is 4.02. The molecule has 0 spiro atoms. The highest BCUT2D eigenvalue weighted by atomic mass is 16.5. The minimum absolute atomic E-state index is 0.614. The van der Waals surface area contributed by atoms with Crippen LogP contribution in [0.1, 0.15) is 17.5 Å². The average molecular weight is 234 g/mol. The molecule has 94 valence electrons. The van der Waals surface area contributed by atoms with E-state index in [9.17, 15) is 0 Å². The van der Waals surface area contributed by atoms with Gasteiger partial charge < -0.3 is 15.4 Å². The smallest absolute Gasteiger partial charge is 0.0508 e. The Morgan fingerprint density at radius 3 is 3.00 bits per heavy atom. The van der Waals surface area contributed by atoms with Gasteiger partial charge in [0.1, 0.15) is 0 Å². The Morgan fingerprint density at radius 1 is 1.47 bits per heavy atom. The summed E-state index contributed by atoms with van der Waals surface area (Å²) in [6, 6.07) is 6.38. The fraction of sp³-hybridized carbons (Fsp3) is 0.571. The van der Waals surface area contributed by atoms with Gasteiger partial charge in [0.25, 0.3) is 0 Å². The molecule has 3 heteroatoms. The van der Waals surface area contributed by atoms with Crippen LogP contribution < -0.4 is 10.6 Å². The summed E-state index contributed by atoms with van der Waals surface area (Å²) in [5.41, 5.74) is 9.75. The molecule has 1 aromatic carbocycles. The minimum atomic E-state index is 0.614. The summed E-state index contributed by atoms with van der Waals surface area (Å²) in [6.45, 7) is 5.85. The van der Waals surface area contributed by atoms with Crippen LogP contribution in [0.2, 0.25) is 0 Å². The molecule has 17 heavy (non-hydrogen) atoms. The fourth-order valence-electron chi connectivity index (χ4n) is 2.74. The van der Waals surface area contributed by atoms with Crippen LogP contribution in [0.3, 0.4) is 0 Å². The first-order chi connectivity index (χ1) is 8.26. The molecule has 0 aromatic heterocycles. The van der Waals surface area contributed by atoms with E-state index in [1.54, 1.807) is 7.11 Å². The van der Waals surface area contributed by atoms with Crippen LogP contribution in [0.15, 0.2) is 18.2 Å². The molecule has 0 bridgehead atoms. The Bertz CT molecular complexity index is 378. The predicted molar refractivity (Wildman–Crippen MR) is 71.3 cm³/mol. The highest BCUT2D eigenvalue weighted by Gasteiger charge is 2.24. The first-order valence-corrected chi connectivity index (χ1v) is 6.28. The number of methoxy groups -OCH3 is 1. The Morgan fingerprint density at radius 2 is 2.29 bits per heavy atom. The molecule has 2 rings (SSSR count). The topological polar surface area (TPSA) is 38.5 Å². The number of benzene rings is 1. The average Bonchev–Trinajstić information content (AvgIpc) is 2.77. The van der Waals surface area contributed by atoms with Gasteiger partial charge in [-0.2, -0.15) is 0 Å². The first-order valence-electron chi connectivity index (χ1n) is 6.28. The summed E-state index contributed by atoms with van der Waals surface area (Å²) in [7, 11) is 1.78. The highest BCUT2D eigenvalue weighted by molar-refractivity contribution is 5.60. The van der Waals surface area contributed by atoms with E-state index in [1.807, 2.05) is 0 Å². The summed E-state index contributed by atoms with van der Waals surface area (Å²) in [5, 5.41) is 0. The maximum Gasteiger partial charge on any atom is 0.0508 e. The quantitative estimate of drug-likeness (QED) is 0.865. The van der Waals surface area contributed by atoms with Crippen LogP contribution in [0, 0.1) is 12.8 Å². The van der Waals surface area contributed by atoms with Crippen molar-refractivity contribution in [1.82, 2.24) is 0 Å². The first kappa shape index (κ1) is 12.4. The van der Waals surface area contributed by atoms with Gasteiger partial charge in [0.05, 0.1) is 6.61 Å². The zero-order valence-electron chi connectivity index (χ0n) is 10.8. The summed E-state index contributed by atoms with van der Waals surface area (Å²) in [5.74, 6) is 0.658. The van der Waals surface area contributed by atoms with E-state index in [0.29, 0.717) is 12.5 Å². The predicted octanol–water partition coefficient (Wildman–Crippen LogP) is 1.93. The van der Waals surface area contributed by atoms with E-state index in [-0.39, 0.29) is 0 Å². The normalized spacial score (nSPS) is 19.9. The molecule has 1 aliphatic rings. The molecule has 0 saturated carbocycles. The molecule has 1 saturated heterocycles. The van der Waals surface area contributed by atoms with Crippen molar-refractivity contribution in [2.75, 3.05) is 31.7 Å². The molecule has 0 radical (unpaired) electrons.